The van der Waals surface area contributed by atoms with Crippen LogP contribution in [-0.2, 0) is 0 Å². The van der Waals surface area contributed by atoms with E-state index in [4.69, 9.17) is 11.6 Å². The highest BCUT2D eigenvalue weighted by atomic mass is 15.2. The fraction of sp³-hybridized carbons (Fsp3) is 1.00. The lowest BCUT2D eigenvalue weighted by Crippen LogP contribution is -2.33. The average Bonchev–Trinajstić information content (AvgIpc) is 1.68. The summed E-state index contributed by atoms with van der Waals surface area (Å²) in [6.45, 7) is 2.69. The molecule has 0 bridgehead atoms. The fourth-order valence-electron chi connectivity index (χ4n) is 0.333. The molecule has 5 N–H and O–H groups in total. The summed E-state index contributed by atoms with van der Waals surface area (Å²) in [6.07, 6.45) is 0.941. The molecule has 0 aliphatic heterocycles. The van der Waals surface area contributed by atoms with Gasteiger partial charge in [-0.05, 0) is 19.9 Å². The third kappa shape index (κ3) is 3.72. The first kappa shape index (κ1) is 6.88. The van der Waals surface area contributed by atoms with Crippen LogP contribution in [0.4, 0.5) is 0 Å². The van der Waals surface area contributed by atoms with Gasteiger partial charge >= 0.3 is 0 Å². The Hall–Kier alpha value is -0.120. The predicted octanol–water partition coefficient (Wildman–Crippen LogP) is -0.813. The van der Waals surface area contributed by atoms with Crippen molar-refractivity contribution in [2.24, 2.45) is 11.6 Å². The molecule has 0 rings (SSSR count). The summed E-state index contributed by atoms with van der Waals surface area (Å²) in [6, 6.07) is 0.352. The van der Waals surface area contributed by atoms with Crippen LogP contribution in [0.2, 0.25) is 0 Å². The summed E-state index contributed by atoms with van der Waals surface area (Å²) < 4.78 is 0. The number of nitrogens with two attached hydrogens (primary N) is 2. The number of hydrazine groups is 1. The van der Waals surface area contributed by atoms with E-state index in [1.807, 2.05) is 6.92 Å². The molecule has 7 heavy (non-hydrogen) atoms. The van der Waals surface area contributed by atoms with E-state index in [9.17, 15) is 0 Å². The summed E-state index contributed by atoms with van der Waals surface area (Å²) >= 11 is 0. The lowest BCUT2D eigenvalue weighted by molar-refractivity contribution is 0.538. The zero-order valence-electron chi connectivity index (χ0n) is 4.65. The van der Waals surface area contributed by atoms with E-state index in [1.165, 1.54) is 0 Å². The molecule has 1 atom stereocenters. The topological polar surface area (TPSA) is 64.1 Å². The van der Waals surface area contributed by atoms with Crippen molar-refractivity contribution in [2.45, 2.75) is 19.4 Å². The molecule has 0 saturated carbocycles. The second-order valence-electron chi connectivity index (χ2n) is 1.65. The van der Waals surface area contributed by atoms with Gasteiger partial charge in [0.1, 0.15) is 0 Å². The lowest BCUT2D eigenvalue weighted by atomic mass is 10.2. The Morgan fingerprint density at radius 2 is 2.29 bits per heavy atom. The van der Waals surface area contributed by atoms with Gasteiger partial charge in [-0.25, -0.2) is 0 Å². The minimum atomic E-state index is 0.352. The van der Waals surface area contributed by atoms with E-state index in [2.05, 4.69) is 5.43 Å². The fourth-order valence-corrected chi connectivity index (χ4v) is 0.333. The largest absolute Gasteiger partial charge is 0.330 e. The summed E-state index contributed by atoms with van der Waals surface area (Å²) in [5.41, 5.74) is 7.80. The van der Waals surface area contributed by atoms with Crippen molar-refractivity contribution in [2.75, 3.05) is 6.54 Å². The average molecular weight is 103 g/mol. The van der Waals surface area contributed by atoms with Gasteiger partial charge in [-0.2, -0.15) is 0 Å². The standard InChI is InChI=1S/C4H13N3/c1-4(7-6)2-3-5/h4,7H,2-3,5-6H2,1H3. The molecule has 0 heterocycles. The Morgan fingerprint density at radius 3 is 2.43 bits per heavy atom. The zero-order chi connectivity index (χ0) is 5.70. The van der Waals surface area contributed by atoms with Crippen molar-refractivity contribution in [3.63, 3.8) is 0 Å². The van der Waals surface area contributed by atoms with Crippen LogP contribution in [0.5, 0.6) is 0 Å². The monoisotopic (exact) mass is 103 g/mol. The molecule has 0 spiro atoms. The summed E-state index contributed by atoms with van der Waals surface area (Å²) in [4.78, 5) is 0. The SMILES string of the molecule is CC(CCN)NN. The summed E-state index contributed by atoms with van der Waals surface area (Å²) in [5, 5.41) is 0. The molecule has 0 aliphatic carbocycles. The third-order valence-electron chi connectivity index (χ3n) is 0.884. The molecule has 3 nitrogen and oxygen atoms in total. The first-order valence-corrected chi connectivity index (χ1v) is 2.47. The van der Waals surface area contributed by atoms with E-state index in [0.717, 1.165) is 6.42 Å². The van der Waals surface area contributed by atoms with Crippen molar-refractivity contribution in [3.05, 3.63) is 0 Å². The van der Waals surface area contributed by atoms with Gasteiger partial charge in [-0.3, -0.25) is 11.3 Å². The lowest BCUT2D eigenvalue weighted by Gasteiger charge is -2.05. The van der Waals surface area contributed by atoms with Crippen molar-refractivity contribution < 1.29 is 0 Å². The molecular formula is C4H13N3. The molecule has 0 saturated heterocycles. The Labute approximate surface area is 44.0 Å². The van der Waals surface area contributed by atoms with Gasteiger partial charge in [0.25, 0.3) is 0 Å². The second-order valence-corrected chi connectivity index (χ2v) is 1.65. The number of hydrogen-bond donors (Lipinski definition) is 3. The van der Waals surface area contributed by atoms with Gasteiger partial charge in [0, 0.05) is 6.04 Å². The van der Waals surface area contributed by atoms with Crippen molar-refractivity contribution in [1.82, 2.24) is 5.43 Å². The Kier molecular flexibility index (Phi) is 3.98. The van der Waals surface area contributed by atoms with Crippen LogP contribution >= 0.6 is 0 Å². The normalized spacial score (nSPS) is 14.1. The van der Waals surface area contributed by atoms with E-state index >= 15 is 0 Å². The third-order valence-corrected chi connectivity index (χ3v) is 0.884. The van der Waals surface area contributed by atoms with Gasteiger partial charge in [0.15, 0.2) is 0 Å². The van der Waals surface area contributed by atoms with E-state index in [0.29, 0.717) is 12.6 Å². The van der Waals surface area contributed by atoms with Crippen LogP contribution in [0.3, 0.4) is 0 Å². The van der Waals surface area contributed by atoms with Crippen LogP contribution in [-0.4, -0.2) is 12.6 Å². The minimum absolute atomic E-state index is 0.352. The minimum Gasteiger partial charge on any atom is -0.330 e. The Morgan fingerprint density at radius 1 is 1.71 bits per heavy atom. The highest BCUT2D eigenvalue weighted by molar-refractivity contribution is 4.53. The molecule has 0 radical (unpaired) electrons. The van der Waals surface area contributed by atoms with E-state index in [1.54, 1.807) is 0 Å². The van der Waals surface area contributed by atoms with Crippen LogP contribution in [0.15, 0.2) is 0 Å². The highest BCUT2D eigenvalue weighted by Crippen LogP contribution is 1.81. The van der Waals surface area contributed by atoms with Crippen molar-refractivity contribution >= 4 is 0 Å². The quantitative estimate of drug-likeness (QED) is 0.323. The predicted molar refractivity (Wildman–Crippen MR) is 30.5 cm³/mol. The van der Waals surface area contributed by atoms with Gasteiger partial charge in [0.2, 0.25) is 0 Å². The smallest absolute Gasteiger partial charge is 0.0194 e. The number of hydrogen-bond acceptors (Lipinski definition) is 3. The maximum Gasteiger partial charge on any atom is 0.0194 e. The van der Waals surface area contributed by atoms with Crippen LogP contribution < -0.4 is 17.0 Å². The maximum absolute atomic E-state index is 5.21. The molecular weight excluding hydrogens is 90.1 g/mol. The second kappa shape index (κ2) is 4.05. The molecule has 0 aromatic heterocycles. The van der Waals surface area contributed by atoms with Gasteiger partial charge in [-0.1, -0.05) is 0 Å². The maximum atomic E-state index is 5.21. The Balaban J connectivity index is 2.83. The molecule has 0 fully saturated rings. The van der Waals surface area contributed by atoms with Crippen LogP contribution in [0.1, 0.15) is 13.3 Å². The van der Waals surface area contributed by atoms with Gasteiger partial charge in [-0.15, -0.1) is 0 Å². The molecule has 44 valence electrons. The molecule has 3 heteroatoms. The van der Waals surface area contributed by atoms with E-state index < -0.39 is 0 Å². The molecule has 0 aliphatic rings. The molecule has 1 unspecified atom stereocenters. The van der Waals surface area contributed by atoms with Gasteiger partial charge < -0.3 is 5.73 Å². The first-order chi connectivity index (χ1) is 3.31. The Bertz CT molecular complexity index is 37.9. The molecule has 0 aromatic carbocycles. The summed E-state index contributed by atoms with van der Waals surface area (Å²) in [7, 11) is 0. The van der Waals surface area contributed by atoms with Gasteiger partial charge in [0.05, 0.1) is 0 Å². The van der Waals surface area contributed by atoms with Crippen LogP contribution in [0, 0.1) is 0 Å². The zero-order valence-corrected chi connectivity index (χ0v) is 4.65. The molecule has 0 aromatic rings. The van der Waals surface area contributed by atoms with Crippen molar-refractivity contribution in [3.8, 4) is 0 Å². The van der Waals surface area contributed by atoms with Crippen molar-refractivity contribution in [1.29, 1.82) is 0 Å². The van der Waals surface area contributed by atoms with Crippen LogP contribution in [0.25, 0.3) is 0 Å². The molecule has 0 amide bonds. The van der Waals surface area contributed by atoms with E-state index in [-0.39, 0.29) is 0 Å². The number of rotatable bonds is 3. The highest BCUT2D eigenvalue weighted by Gasteiger charge is 1.91. The number of nitrogens with one attached hydrogen (secondary N) is 1. The first-order valence-electron chi connectivity index (χ1n) is 2.47. The summed E-state index contributed by atoms with van der Waals surface area (Å²) in [5.74, 6) is 5.05.